The topological polar surface area (TPSA) is 42.4 Å². The number of aliphatic hydroxyl groups is 1. The zero-order valence-electron chi connectivity index (χ0n) is 6.03. The maximum Gasteiger partial charge on any atom is 0.104 e. The summed E-state index contributed by atoms with van der Waals surface area (Å²) in [6.07, 6.45) is 2.91. The summed E-state index contributed by atoms with van der Waals surface area (Å²) < 4.78 is 5.13. The molecule has 0 radical (unpaired) electrons. The second-order valence-corrected chi connectivity index (χ2v) is 2.61. The van der Waals surface area contributed by atoms with Gasteiger partial charge in [-0.25, -0.2) is 0 Å². The van der Waals surface area contributed by atoms with Crippen LogP contribution < -0.4 is 0 Å². The Labute approximate surface area is 64.6 Å². The van der Waals surface area contributed by atoms with Gasteiger partial charge in [-0.15, -0.1) is 0 Å². The number of rotatable bonds is 0. The van der Waals surface area contributed by atoms with Crippen LogP contribution in [0.4, 0.5) is 0 Å². The van der Waals surface area contributed by atoms with Crippen LogP contribution in [0.5, 0.6) is 0 Å². The maximum atomic E-state index is 9.40. The van der Waals surface area contributed by atoms with Crippen molar-refractivity contribution in [2.75, 3.05) is 6.61 Å². The number of aliphatic hydroxyl groups excluding tert-OH is 1. The summed E-state index contributed by atoms with van der Waals surface area (Å²) in [4.78, 5) is 3.93. The summed E-state index contributed by atoms with van der Waals surface area (Å²) in [5, 5.41) is 9.40. The lowest BCUT2D eigenvalue weighted by Gasteiger charge is -2.20. The molecule has 2 rings (SSSR count). The Hall–Kier alpha value is -0.930. The summed E-state index contributed by atoms with van der Waals surface area (Å²) in [5.41, 5.74) is 1.94. The van der Waals surface area contributed by atoms with Gasteiger partial charge in [0.1, 0.15) is 6.10 Å². The molecule has 1 unspecified atom stereocenters. The predicted molar refractivity (Wildman–Crippen MR) is 38.9 cm³/mol. The van der Waals surface area contributed by atoms with Gasteiger partial charge in [-0.3, -0.25) is 4.98 Å². The molecule has 58 valence electrons. The molecule has 1 N–H and O–H groups in total. The van der Waals surface area contributed by atoms with Crippen molar-refractivity contribution >= 4 is 0 Å². The van der Waals surface area contributed by atoms with E-state index in [1.165, 1.54) is 0 Å². The Morgan fingerprint density at radius 3 is 3.36 bits per heavy atom. The van der Waals surface area contributed by atoms with Crippen molar-refractivity contribution in [3.8, 4) is 0 Å². The predicted octanol–water partition coefficient (Wildman–Crippen LogP) is 0.645. The van der Waals surface area contributed by atoms with E-state index in [-0.39, 0.29) is 0 Å². The van der Waals surface area contributed by atoms with Crippen molar-refractivity contribution in [3.63, 3.8) is 0 Å². The van der Waals surface area contributed by atoms with Crippen molar-refractivity contribution in [1.82, 2.24) is 4.98 Å². The van der Waals surface area contributed by atoms with Crippen LogP contribution in [-0.2, 0) is 11.3 Å². The molecule has 0 amide bonds. The van der Waals surface area contributed by atoms with Crippen LogP contribution in [0.3, 0.4) is 0 Å². The minimum atomic E-state index is -0.493. The van der Waals surface area contributed by atoms with E-state index in [0.717, 1.165) is 11.1 Å². The Morgan fingerprint density at radius 1 is 1.64 bits per heavy atom. The first kappa shape index (κ1) is 6.76. The van der Waals surface area contributed by atoms with Crippen LogP contribution in [0.15, 0.2) is 18.5 Å². The van der Waals surface area contributed by atoms with Crippen molar-refractivity contribution in [1.29, 1.82) is 0 Å². The lowest BCUT2D eigenvalue weighted by atomic mass is 10.0. The molecule has 3 heteroatoms. The molecule has 1 aliphatic rings. The standard InChI is InChI=1S/C8H9NO2/c10-8-5-11-4-6-1-2-9-3-7(6)8/h1-3,8,10H,4-5H2. The van der Waals surface area contributed by atoms with E-state index in [2.05, 4.69) is 4.98 Å². The van der Waals surface area contributed by atoms with Crippen molar-refractivity contribution in [2.24, 2.45) is 0 Å². The molecule has 1 aliphatic heterocycles. The number of hydrogen-bond donors (Lipinski definition) is 1. The molecular formula is C8H9NO2. The molecule has 1 aromatic heterocycles. The van der Waals surface area contributed by atoms with Crippen molar-refractivity contribution in [3.05, 3.63) is 29.6 Å². The highest BCUT2D eigenvalue weighted by Crippen LogP contribution is 2.22. The van der Waals surface area contributed by atoms with E-state index in [0.29, 0.717) is 13.2 Å². The zero-order valence-corrected chi connectivity index (χ0v) is 6.03. The van der Waals surface area contributed by atoms with Gasteiger partial charge in [0.25, 0.3) is 0 Å². The van der Waals surface area contributed by atoms with E-state index in [1.54, 1.807) is 12.4 Å². The molecule has 3 nitrogen and oxygen atoms in total. The Morgan fingerprint density at radius 2 is 2.55 bits per heavy atom. The molecule has 0 saturated carbocycles. The van der Waals surface area contributed by atoms with Gasteiger partial charge in [-0.1, -0.05) is 0 Å². The molecule has 0 fully saturated rings. The largest absolute Gasteiger partial charge is 0.386 e. The highest BCUT2D eigenvalue weighted by atomic mass is 16.5. The molecule has 0 saturated heterocycles. The van der Waals surface area contributed by atoms with Gasteiger partial charge in [0.15, 0.2) is 0 Å². The van der Waals surface area contributed by atoms with Crippen LogP contribution in [-0.4, -0.2) is 16.7 Å². The number of aromatic nitrogens is 1. The first-order valence-electron chi connectivity index (χ1n) is 3.56. The van der Waals surface area contributed by atoms with Gasteiger partial charge < -0.3 is 9.84 Å². The second-order valence-electron chi connectivity index (χ2n) is 2.61. The summed E-state index contributed by atoms with van der Waals surface area (Å²) in [6, 6.07) is 1.87. The molecule has 0 bridgehead atoms. The average Bonchev–Trinajstić information content (AvgIpc) is 2.06. The fraction of sp³-hybridized carbons (Fsp3) is 0.375. The summed E-state index contributed by atoms with van der Waals surface area (Å²) in [5.74, 6) is 0. The highest BCUT2D eigenvalue weighted by Gasteiger charge is 2.17. The Balaban J connectivity index is 2.44. The molecular weight excluding hydrogens is 142 g/mol. The molecule has 0 aromatic carbocycles. The van der Waals surface area contributed by atoms with E-state index in [4.69, 9.17) is 4.74 Å². The second kappa shape index (κ2) is 2.60. The minimum absolute atomic E-state index is 0.388. The van der Waals surface area contributed by atoms with Crippen LogP contribution in [0.25, 0.3) is 0 Å². The monoisotopic (exact) mass is 151 g/mol. The van der Waals surface area contributed by atoms with E-state index in [1.807, 2.05) is 6.07 Å². The Kier molecular flexibility index (Phi) is 1.60. The molecule has 1 atom stereocenters. The third kappa shape index (κ3) is 1.13. The SMILES string of the molecule is OC1COCc2ccncc21. The summed E-state index contributed by atoms with van der Waals surface area (Å²) in [7, 11) is 0. The molecule has 11 heavy (non-hydrogen) atoms. The van der Waals surface area contributed by atoms with Crippen LogP contribution >= 0.6 is 0 Å². The molecule has 2 heterocycles. The average molecular weight is 151 g/mol. The van der Waals surface area contributed by atoms with Crippen LogP contribution in [0.2, 0.25) is 0 Å². The van der Waals surface area contributed by atoms with Gasteiger partial charge in [-0.05, 0) is 11.6 Å². The van der Waals surface area contributed by atoms with E-state index >= 15 is 0 Å². The van der Waals surface area contributed by atoms with Gasteiger partial charge in [0.05, 0.1) is 13.2 Å². The quantitative estimate of drug-likeness (QED) is 0.591. The Bertz CT molecular complexity index is 262. The van der Waals surface area contributed by atoms with E-state index < -0.39 is 6.10 Å². The zero-order chi connectivity index (χ0) is 7.68. The number of fused-ring (bicyclic) bond motifs is 1. The van der Waals surface area contributed by atoms with E-state index in [9.17, 15) is 5.11 Å². The maximum absolute atomic E-state index is 9.40. The first-order chi connectivity index (χ1) is 5.38. The smallest absolute Gasteiger partial charge is 0.104 e. The minimum Gasteiger partial charge on any atom is -0.386 e. The van der Waals surface area contributed by atoms with Gasteiger partial charge in [0, 0.05) is 18.0 Å². The number of nitrogens with zero attached hydrogens (tertiary/aromatic N) is 1. The molecule has 0 spiro atoms. The summed E-state index contributed by atoms with van der Waals surface area (Å²) >= 11 is 0. The fourth-order valence-electron chi connectivity index (χ4n) is 1.24. The van der Waals surface area contributed by atoms with Crippen molar-refractivity contribution in [2.45, 2.75) is 12.7 Å². The van der Waals surface area contributed by atoms with Crippen LogP contribution in [0.1, 0.15) is 17.2 Å². The number of hydrogen-bond acceptors (Lipinski definition) is 3. The number of pyridine rings is 1. The van der Waals surface area contributed by atoms with Gasteiger partial charge in [-0.2, -0.15) is 0 Å². The van der Waals surface area contributed by atoms with Crippen molar-refractivity contribution < 1.29 is 9.84 Å². The fourth-order valence-corrected chi connectivity index (χ4v) is 1.24. The van der Waals surface area contributed by atoms with Crippen LogP contribution in [0, 0.1) is 0 Å². The number of ether oxygens (including phenoxy) is 1. The summed E-state index contributed by atoms with van der Waals surface area (Å²) in [6.45, 7) is 0.980. The first-order valence-corrected chi connectivity index (χ1v) is 3.56. The molecule has 1 aromatic rings. The van der Waals surface area contributed by atoms with Gasteiger partial charge >= 0.3 is 0 Å². The third-order valence-electron chi connectivity index (χ3n) is 1.84. The lowest BCUT2D eigenvalue weighted by Crippen LogP contribution is -2.16. The lowest BCUT2D eigenvalue weighted by molar-refractivity contribution is 0.00953. The van der Waals surface area contributed by atoms with Gasteiger partial charge in [0.2, 0.25) is 0 Å². The normalized spacial score (nSPS) is 22.8. The molecule has 0 aliphatic carbocycles. The third-order valence-corrected chi connectivity index (χ3v) is 1.84. The highest BCUT2D eigenvalue weighted by molar-refractivity contribution is 5.26.